The summed E-state index contributed by atoms with van der Waals surface area (Å²) in [4.78, 5) is 11.8. The topological polar surface area (TPSA) is 66.5 Å². The van der Waals surface area contributed by atoms with Gasteiger partial charge >= 0.3 is 0 Å². The fraction of sp³-hybridized carbons (Fsp3) is 0.533. The van der Waals surface area contributed by atoms with E-state index in [0.717, 1.165) is 25.0 Å². The number of halogens is 1. The van der Waals surface area contributed by atoms with Crippen molar-refractivity contribution in [1.82, 2.24) is 9.62 Å². The SMILES string of the molecule is O=C(NC1CCN(S(=O)(=O)c2ccc(F)cc2)CC1)C1CC1. The lowest BCUT2D eigenvalue weighted by molar-refractivity contribution is -0.123. The molecule has 0 spiro atoms. The highest BCUT2D eigenvalue weighted by molar-refractivity contribution is 7.89. The summed E-state index contributed by atoms with van der Waals surface area (Å²) >= 11 is 0. The predicted molar refractivity (Wildman–Crippen MR) is 79.0 cm³/mol. The highest BCUT2D eigenvalue weighted by Gasteiger charge is 2.33. The van der Waals surface area contributed by atoms with Crippen molar-refractivity contribution in [3.8, 4) is 0 Å². The first-order valence-corrected chi connectivity index (χ1v) is 8.97. The molecular formula is C15H19FN2O3S. The van der Waals surface area contributed by atoms with E-state index in [1.165, 1.54) is 16.4 Å². The Kier molecular flexibility index (Phi) is 4.18. The third-order valence-corrected chi connectivity index (χ3v) is 6.11. The van der Waals surface area contributed by atoms with Gasteiger partial charge in [-0.3, -0.25) is 4.79 Å². The number of rotatable bonds is 4. The summed E-state index contributed by atoms with van der Waals surface area (Å²) in [5.41, 5.74) is 0. The average molecular weight is 326 g/mol. The van der Waals surface area contributed by atoms with Gasteiger partial charge in [-0.2, -0.15) is 4.31 Å². The molecule has 0 atom stereocenters. The molecule has 1 saturated carbocycles. The molecule has 1 amide bonds. The Hall–Kier alpha value is -1.47. The van der Waals surface area contributed by atoms with Crippen molar-refractivity contribution < 1.29 is 17.6 Å². The van der Waals surface area contributed by atoms with Gasteiger partial charge in [-0.05, 0) is 49.9 Å². The number of hydrogen-bond acceptors (Lipinski definition) is 3. The fourth-order valence-corrected chi connectivity index (χ4v) is 4.13. The molecule has 22 heavy (non-hydrogen) atoms. The van der Waals surface area contributed by atoms with Crippen LogP contribution in [0.15, 0.2) is 29.2 Å². The zero-order valence-corrected chi connectivity index (χ0v) is 13.0. The zero-order chi connectivity index (χ0) is 15.7. The Morgan fingerprint density at radius 1 is 1.09 bits per heavy atom. The monoisotopic (exact) mass is 326 g/mol. The summed E-state index contributed by atoms with van der Waals surface area (Å²) in [5.74, 6) is -0.193. The van der Waals surface area contributed by atoms with Crippen LogP contribution >= 0.6 is 0 Å². The maximum atomic E-state index is 12.9. The van der Waals surface area contributed by atoms with Gasteiger partial charge in [0.05, 0.1) is 4.90 Å². The first kappa shape index (κ1) is 15.4. The standard InChI is InChI=1S/C15H19FN2O3S/c16-12-3-5-14(6-4-12)22(20,21)18-9-7-13(8-10-18)17-15(19)11-1-2-11/h3-6,11,13H,1-2,7-10H2,(H,17,19). The normalized spacial score (nSPS) is 20.8. The Labute approximate surface area is 129 Å². The van der Waals surface area contributed by atoms with Crippen molar-refractivity contribution in [3.05, 3.63) is 30.1 Å². The van der Waals surface area contributed by atoms with Gasteiger partial charge in [-0.1, -0.05) is 0 Å². The van der Waals surface area contributed by atoms with Crippen LogP contribution in [0.3, 0.4) is 0 Å². The van der Waals surface area contributed by atoms with Gasteiger partial charge in [-0.15, -0.1) is 0 Å². The van der Waals surface area contributed by atoms with Crippen LogP contribution < -0.4 is 5.32 Å². The smallest absolute Gasteiger partial charge is 0.243 e. The van der Waals surface area contributed by atoms with Gasteiger partial charge in [-0.25, -0.2) is 12.8 Å². The zero-order valence-electron chi connectivity index (χ0n) is 12.2. The average Bonchev–Trinajstić information content (AvgIpc) is 3.33. The van der Waals surface area contributed by atoms with Crippen molar-refractivity contribution in [2.75, 3.05) is 13.1 Å². The van der Waals surface area contributed by atoms with Crippen LogP contribution in [-0.2, 0) is 14.8 Å². The molecule has 1 aromatic rings. The van der Waals surface area contributed by atoms with Crippen molar-refractivity contribution in [3.63, 3.8) is 0 Å². The Bertz CT molecular complexity index is 648. The molecule has 1 aliphatic heterocycles. The van der Waals surface area contributed by atoms with Gasteiger partial charge in [0.15, 0.2) is 0 Å². The summed E-state index contributed by atoms with van der Waals surface area (Å²) in [7, 11) is -3.58. The Morgan fingerprint density at radius 3 is 2.23 bits per heavy atom. The van der Waals surface area contributed by atoms with Crippen LogP contribution in [0.1, 0.15) is 25.7 Å². The van der Waals surface area contributed by atoms with Gasteiger partial charge < -0.3 is 5.32 Å². The minimum absolute atomic E-state index is 0.0489. The minimum atomic E-state index is -3.58. The third kappa shape index (κ3) is 3.30. The molecule has 0 radical (unpaired) electrons. The van der Waals surface area contributed by atoms with Crippen molar-refractivity contribution >= 4 is 15.9 Å². The highest BCUT2D eigenvalue weighted by atomic mass is 32.2. The van der Waals surface area contributed by atoms with Gasteiger partial charge in [0.1, 0.15) is 5.82 Å². The molecule has 1 N–H and O–H groups in total. The molecule has 0 unspecified atom stereocenters. The quantitative estimate of drug-likeness (QED) is 0.912. The lowest BCUT2D eigenvalue weighted by Gasteiger charge is -2.31. The maximum absolute atomic E-state index is 12.9. The van der Waals surface area contributed by atoms with Crippen molar-refractivity contribution in [2.24, 2.45) is 5.92 Å². The molecule has 3 rings (SSSR count). The lowest BCUT2D eigenvalue weighted by atomic mass is 10.1. The second kappa shape index (κ2) is 5.96. The molecule has 1 heterocycles. The summed E-state index contributed by atoms with van der Waals surface area (Å²) < 4.78 is 39.2. The highest BCUT2D eigenvalue weighted by Crippen LogP contribution is 2.29. The number of amides is 1. The summed E-state index contributed by atoms with van der Waals surface area (Å²) in [6, 6.07) is 4.91. The maximum Gasteiger partial charge on any atom is 0.243 e. The Morgan fingerprint density at radius 2 is 1.68 bits per heavy atom. The second-order valence-corrected chi connectivity index (χ2v) is 7.85. The van der Waals surface area contributed by atoms with Crippen LogP contribution in [0.4, 0.5) is 4.39 Å². The molecule has 2 fully saturated rings. The van der Waals surface area contributed by atoms with E-state index in [-0.39, 0.29) is 22.8 Å². The number of nitrogens with zero attached hydrogens (tertiary/aromatic N) is 1. The lowest BCUT2D eigenvalue weighted by Crippen LogP contribution is -2.46. The van der Waals surface area contributed by atoms with Crippen LogP contribution in [0.5, 0.6) is 0 Å². The molecule has 5 nitrogen and oxygen atoms in total. The first-order chi connectivity index (χ1) is 10.5. The predicted octanol–water partition coefficient (Wildman–Crippen LogP) is 1.50. The molecule has 7 heteroatoms. The second-order valence-electron chi connectivity index (χ2n) is 5.92. The van der Waals surface area contributed by atoms with E-state index >= 15 is 0 Å². The van der Waals surface area contributed by atoms with Crippen molar-refractivity contribution in [1.29, 1.82) is 0 Å². The van der Waals surface area contributed by atoms with E-state index in [9.17, 15) is 17.6 Å². The number of benzene rings is 1. The first-order valence-electron chi connectivity index (χ1n) is 7.53. The molecule has 1 aliphatic carbocycles. The summed E-state index contributed by atoms with van der Waals surface area (Å²) in [6.07, 6.45) is 3.14. The number of carbonyl (C=O) groups is 1. The van der Waals surface area contributed by atoms with Gasteiger partial charge in [0.25, 0.3) is 0 Å². The molecule has 120 valence electrons. The number of piperidine rings is 1. The summed E-state index contributed by atoms with van der Waals surface area (Å²) in [6.45, 7) is 0.741. The van der Waals surface area contributed by atoms with E-state index < -0.39 is 15.8 Å². The summed E-state index contributed by atoms with van der Waals surface area (Å²) in [5, 5.41) is 2.99. The molecule has 1 aromatic carbocycles. The largest absolute Gasteiger partial charge is 0.353 e. The number of carbonyl (C=O) groups excluding carboxylic acids is 1. The van der Waals surface area contributed by atoms with Crippen LogP contribution in [0.2, 0.25) is 0 Å². The van der Waals surface area contributed by atoms with Crippen molar-refractivity contribution in [2.45, 2.75) is 36.6 Å². The van der Waals surface area contributed by atoms with E-state index in [0.29, 0.717) is 25.9 Å². The van der Waals surface area contributed by atoms with Crippen LogP contribution in [0, 0.1) is 11.7 Å². The van der Waals surface area contributed by atoms with E-state index in [2.05, 4.69) is 5.32 Å². The van der Waals surface area contributed by atoms with E-state index in [1.54, 1.807) is 0 Å². The number of nitrogens with one attached hydrogen (secondary N) is 1. The number of hydrogen-bond donors (Lipinski definition) is 1. The van der Waals surface area contributed by atoms with Crippen LogP contribution in [0.25, 0.3) is 0 Å². The van der Waals surface area contributed by atoms with E-state index in [1.807, 2.05) is 0 Å². The molecular weight excluding hydrogens is 307 g/mol. The Balaban J connectivity index is 1.60. The number of sulfonamides is 1. The third-order valence-electron chi connectivity index (χ3n) is 4.20. The molecule has 0 aromatic heterocycles. The minimum Gasteiger partial charge on any atom is -0.353 e. The van der Waals surface area contributed by atoms with Gasteiger partial charge in [0, 0.05) is 25.0 Å². The van der Waals surface area contributed by atoms with Gasteiger partial charge in [0.2, 0.25) is 15.9 Å². The van der Waals surface area contributed by atoms with E-state index in [4.69, 9.17) is 0 Å². The molecule has 1 saturated heterocycles. The van der Waals surface area contributed by atoms with Crippen LogP contribution in [-0.4, -0.2) is 37.8 Å². The fourth-order valence-electron chi connectivity index (χ4n) is 2.66. The molecule has 0 bridgehead atoms. The molecule has 2 aliphatic rings.